The Hall–Kier alpha value is 0.220. The Balaban J connectivity index is 2.33. The molecule has 0 fully saturated rings. The molecule has 0 aromatic heterocycles. The fourth-order valence-electron chi connectivity index (χ4n) is 1.23. The summed E-state index contributed by atoms with van der Waals surface area (Å²) in [6.07, 6.45) is 2.81. The number of rotatable bonds is 2. The molecule has 1 rings (SSSR count). The van der Waals surface area contributed by atoms with Crippen LogP contribution in [0.1, 0.15) is 26.7 Å². The molecule has 0 radical (unpaired) electrons. The van der Waals surface area contributed by atoms with Crippen molar-refractivity contribution in [2.75, 3.05) is 11.5 Å². The van der Waals surface area contributed by atoms with Gasteiger partial charge in [0.1, 0.15) is 0 Å². The highest BCUT2D eigenvalue weighted by Crippen LogP contribution is 2.25. The van der Waals surface area contributed by atoms with E-state index in [0.717, 1.165) is 16.4 Å². The van der Waals surface area contributed by atoms with Gasteiger partial charge in [-0.25, -0.2) is 0 Å². The van der Waals surface area contributed by atoms with Gasteiger partial charge in [0.15, 0.2) is 0 Å². The molecule has 0 aliphatic carbocycles. The van der Waals surface area contributed by atoms with Crippen LogP contribution < -0.4 is 0 Å². The van der Waals surface area contributed by atoms with E-state index in [0.29, 0.717) is 0 Å². The van der Waals surface area contributed by atoms with Gasteiger partial charge in [0.05, 0.1) is 0 Å². The van der Waals surface area contributed by atoms with Crippen molar-refractivity contribution < 1.29 is 0 Å². The van der Waals surface area contributed by atoms with Gasteiger partial charge >= 0.3 is 0 Å². The summed E-state index contributed by atoms with van der Waals surface area (Å²) in [5.74, 6) is 3.85. The SMILES string of the molecule is CCCS1=CC(C)CC1. The normalized spacial score (nSPS) is 34.4. The van der Waals surface area contributed by atoms with Gasteiger partial charge in [0.25, 0.3) is 0 Å². The van der Waals surface area contributed by atoms with Crippen LogP contribution in [0.3, 0.4) is 0 Å². The van der Waals surface area contributed by atoms with Gasteiger partial charge in [-0.15, -0.1) is 0 Å². The predicted octanol–water partition coefficient (Wildman–Crippen LogP) is 2.51. The van der Waals surface area contributed by atoms with Crippen molar-refractivity contribution in [2.24, 2.45) is 5.92 Å². The van der Waals surface area contributed by atoms with Gasteiger partial charge in [0, 0.05) is 0 Å². The highest BCUT2D eigenvalue weighted by molar-refractivity contribution is 8.15. The zero-order valence-electron chi connectivity index (χ0n) is 6.39. The van der Waals surface area contributed by atoms with Crippen LogP contribution in [0.4, 0.5) is 0 Å². The molecule has 0 aromatic rings. The third-order valence-electron chi connectivity index (χ3n) is 1.73. The first-order valence-corrected chi connectivity index (χ1v) is 5.47. The van der Waals surface area contributed by atoms with Gasteiger partial charge in [-0.3, -0.25) is 0 Å². The van der Waals surface area contributed by atoms with Crippen LogP contribution in [0.25, 0.3) is 0 Å². The van der Waals surface area contributed by atoms with E-state index < -0.39 is 0 Å². The molecule has 0 N–H and O–H groups in total. The third kappa shape index (κ3) is 2.13. The maximum absolute atomic E-state index is 2.56. The molecule has 0 amide bonds. The molecular weight excluding hydrogens is 128 g/mol. The van der Waals surface area contributed by atoms with Crippen molar-refractivity contribution in [3.05, 3.63) is 0 Å². The van der Waals surface area contributed by atoms with E-state index in [-0.39, 0.29) is 0 Å². The summed E-state index contributed by atoms with van der Waals surface area (Å²) in [5, 5.41) is 2.56. The highest BCUT2D eigenvalue weighted by Gasteiger charge is 2.08. The molecule has 1 aliphatic rings. The smallest absolute Gasteiger partial charge is 0.0114 e. The minimum Gasteiger partial charge on any atom is -0.190 e. The molecule has 1 aliphatic heterocycles. The van der Waals surface area contributed by atoms with E-state index in [4.69, 9.17) is 0 Å². The third-order valence-corrected chi connectivity index (χ3v) is 4.27. The van der Waals surface area contributed by atoms with Crippen molar-refractivity contribution in [2.45, 2.75) is 26.7 Å². The number of hydrogen-bond acceptors (Lipinski definition) is 0. The number of hydrogen-bond donors (Lipinski definition) is 0. The first kappa shape index (κ1) is 7.33. The van der Waals surface area contributed by atoms with Gasteiger partial charge in [0.2, 0.25) is 0 Å². The second kappa shape index (κ2) is 3.40. The molecule has 1 heterocycles. The Kier molecular flexibility index (Phi) is 2.77. The van der Waals surface area contributed by atoms with Crippen LogP contribution in [0, 0.1) is 5.92 Å². The minimum absolute atomic E-state index is 0.718. The predicted molar refractivity (Wildman–Crippen MR) is 47.5 cm³/mol. The van der Waals surface area contributed by atoms with Gasteiger partial charge in [-0.05, 0) is 30.3 Å². The largest absolute Gasteiger partial charge is 0.190 e. The van der Waals surface area contributed by atoms with Crippen molar-refractivity contribution in [1.82, 2.24) is 0 Å². The molecule has 0 saturated heterocycles. The van der Waals surface area contributed by atoms with E-state index >= 15 is 0 Å². The van der Waals surface area contributed by atoms with E-state index in [2.05, 4.69) is 19.2 Å². The van der Waals surface area contributed by atoms with E-state index in [9.17, 15) is 0 Å². The summed E-state index contributed by atoms with van der Waals surface area (Å²) in [6, 6.07) is 0. The molecule has 9 heavy (non-hydrogen) atoms. The minimum atomic E-state index is 0.718. The van der Waals surface area contributed by atoms with Crippen LogP contribution in [0.5, 0.6) is 0 Å². The van der Waals surface area contributed by atoms with Crippen LogP contribution in [-0.2, 0) is 0 Å². The zero-order valence-corrected chi connectivity index (χ0v) is 7.21. The quantitative estimate of drug-likeness (QED) is 0.522. The van der Waals surface area contributed by atoms with Crippen molar-refractivity contribution >= 4 is 15.9 Å². The summed E-state index contributed by atoms with van der Waals surface area (Å²) in [4.78, 5) is 0. The van der Waals surface area contributed by atoms with Gasteiger partial charge in [-0.2, -0.15) is 10.5 Å². The van der Waals surface area contributed by atoms with Crippen LogP contribution in [0.15, 0.2) is 0 Å². The molecule has 0 saturated carbocycles. The second-order valence-electron chi connectivity index (χ2n) is 2.85. The monoisotopic (exact) mass is 144 g/mol. The fourth-order valence-corrected chi connectivity index (χ4v) is 3.70. The lowest BCUT2D eigenvalue weighted by Gasteiger charge is -1.96. The highest BCUT2D eigenvalue weighted by atomic mass is 32.2. The first-order chi connectivity index (χ1) is 4.33. The maximum Gasteiger partial charge on any atom is -0.0114 e. The summed E-state index contributed by atoms with van der Waals surface area (Å²) < 4.78 is 0. The second-order valence-corrected chi connectivity index (χ2v) is 5.01. The molecule has 0 nitrogen and oxygen atoms in total. The van der Waals surface area contributed by atoms with Gasteiger partial charge in [-0.1, -0.05) is 19.2 Å². The molecule has 0 aromatic carbocycles. The van der Waals surface area contributed by atoms with Crippen molar-refractivity contribution in [3.63, 3.8) is 0 Å². The van der Waals surface area contributed by atoms with Crippen LogP contribution in [0.2, 0.25) is 0 Å². The lowest BCUT2D eigenvalue weighted by atomic mass is 10.2. The Morgan fingerprint density at radius 1 is 1.67 bits per heavy atom. The summed E-state index contributed by atoms with van der Waals surface area (Å²) in [7, 11) is 0.718. The molecule has 1 heteroatoms. The Bertz CT molecular complexity index is 116. The lowest BCUT2D eigenvalue weighted by molar-refractivity contribution is 0.781. The molecular formula is C8H16S. The van der Waals surface area contributed by atoms with Gasteiger partial charge < -0.3 is 0 Å². The summed E-state index contributed by atoms with van der Waals surface area (Å²) in [5.41, 5.74) is 0. The Labute approximate surface area is 60.6 Å². The maximum atomic E-state index is 2.56. The zero-order chi connectivity index (χ0) is 6.69. The summed E-state index contributed by atoms with van der Waals surface area (Å²) >= 11 is 0. The molecule has 2 atom stereocenters. The first-order valence-electron chi connectivity index (χ1n) is 3.84. The Morgan fingerprint density at radius 2 is 2.44 bits per heavy atom. The average molecular weight is 144 g/mol. The fraction of sp³-hybridized carbons (Fsp3) is 0.875. The standard InChI is InChI=1S/C8H16S/c1-3-5-9-6-4-8(2)7-9/h7-8H,3-6H2,1-2H3. The average Bonchev–Trinajstić information content (AvgIpc) is 2.17. The summed E-state index contributed by atoms with van der Waals surface area (Å²) in [6.45, 7) is 4.62. The topological polar surface area (TPSA) is 0 Å². The molecule has 0 spiro atoms. The molecule has 54 valence electrons. The van der Waals surface area contributed by atoms with Crippen LogP contribution in [-0.4, -0.2) is 16.9 Å². The van der Waals surface area contributed by atoms with Crippen molar-refractivity contribution in [1.29, 1.82) is 0 Å². The lowest BCUT2D eigenvalue weighted by Crippen LogP contribution is -1.85. The van der Waals surface area contributed by atoms with E-state index in [1.54, 1.807) is 0 Å². The molecule has 0 bridgehead atoms. The van der Waals surface area contributed by atoms with Crippen LogP contribution >= 0.6 is 10.5 Å². The van der Waals surface area contributed by atoms with E-state index in [1.807, 2.05) is 0 Å². The Morgan fingerprint density at radius 3 is 2.89 bits per heavy atom. The molecule has 2 unspecified atom stereocenters. The van der Waals surface area contributed by atoms with Crippen molar-refractivity contribution in [3.8, 4) is 0 Å². The van der Waals surface area contributed by atoms with E-state index in [1.165, 1.54) is 24.3 Å².